The molecule has 0 amide bonds. The smallest absolute Gasteiger partial charge is 0.194 e. The van der Waals surface area contributed by atoms with E-state index in [4.69, 9.17) is 5.26 Å². The summed E-state index contributed by atoms with van der Waals surface area (Å²) < 4.78 is 4.57. The van der Waals surface area contributed by atoms with Gasteiger partial charge in [-0.3, -0.25) is 4.79 Å². The van der Waals surface area contributed by atoms with Gasteiger partial charge in [-0.2, -0.15) is 5.26 Å². The fourth-order valence-electron chi connectivity index (χ4n) is 0.599. The van der Waals surface area contributed by atoms with Gasteiger partial charge in [-0.1, -0.05) is 5.16 Å². The third-order valence-corrected chi connectivity index (χ3v) is 1.13. The molecule has 0 saturated heterocycles. The zero-order valence-corrected chi connectivity index (χ0v) is 5.29. The van der Waals surface area contributed by atoms with Gasteiger partial charge < -0.3 is 4.52 Å². The molecule has 0 fully saturated rings. The van der Waals surface area contributed by atoms with Crippen LogP contribution in [0.1, 0.15) is 21.8 Å². The Labute approximate surface area is 57.0 Å². The maximum atomic E-state index is 10.2. The van der Waals surface area contributed by atoms with Crippen molar-refractivity contribution in [1.82, 2.24) is 5.16 Å². The zero-order chi connectivity index (χ0) is 7.56. The summed E-state index contributed by atoms with van der Waals surface area (Å²) in [4.78, 5) is 10.2. The van der Waals surface area contributed by atoms with Crippen LogP contribution in [0.15, 0.2) is 4.52 Å². The first-order valence-electron chi connectivity index (χ1n) is 2.61. The highest BCUT2D eigenvalue weighted by molar-refractivity contribution is 5.79. The minimum atomic E-state index is 0.0486. The van der Waals surface area contributed by atoms with E-state index in [-0.39, 0.29) is 11.3 Å². The molecule has 1 aromatic rings. The van der Waals surface area contributed by atoms with E-state index in [2.05, 4.69) is 9.68 Å². The first kappa shape index (κ1) is 6.49. The van der Waals surface area contributed by atoms with Gasteiger partial charge in [-0.15, -0.1) is 0 Å². The van der Waals surface area contributed by atoms with Crippen molar-refractivity contribution >= 4 is 6.29 Å². The number of aryl methyl sites for hydroxylation is 1. The lowest BCUT2D eigenvalue weighted by Gasteiger charge is -1.77. The Morgan fingerprint density at radius 1 is 1.80 bits per heavy atom. The summed E-state index contributed by atoms with van der Waals surface area (Å²) in [5, 5.41) is 11.7. The van der Waals surface area contributed by atoms with Crippen molar-refractivity contribution in [2.45, 2.75) is 6.92 Å². The van der Waals surface area contributed by atoms with Crippen LogP contribution in [0.5, 0.6) is 0 Å². The van der Waals surface area contributed by atoms with Crippen molar-refractivity contribution in [1.29, 1.82) is 5.26 Å². The fourth-order valence-corrected chi connectivity index (χ4v) is 0.599. The van der Waals surface area contributed by atoms with Gasteiger partial charge in [0.1, 0.15) is 11.8 Å². The second kappa shape index (κ2) is 2.31. The quantitative estimate of drug-likeness (QED) is 0.532. The van der Waals surface area contributed by atoms with Gasteiger partial charge >= 0.3 is 0 Å². The average Bonchev–Trinajstić information content (AvgIpc) is 2.30. The zero-order valence-electron chi connectivity index (χ0n) is 5.29. The van der Waals surface area contributed by atoms with Gasteiger partial charge in [0.2, 0.25) is 0 Å². The van der Waals surface area contributed by atoms with E-state index in [9.17, 15) is 4.79 Å². The molecule has 0 unspecified atom stereocenters. The first-order chi connectivity index (χ1) is 4.79. The summed E-state index contributed by atoms with van der Waals surface area (Å²) in [7, 11) is 0. The second-order valence-electron chi connectivity index (χ2n) is 1.73. The van der Waals surface area contributed by atoms with Crippen LogP contribution in [0, 0.1) is 18.3 Å². The normalized spacial score (nSPS) is 8.80. The Bertz CT molecular complexity index is 295. The van der Waals surface area contributed by atoms with Crippen LogP contribution in [0.2, 0.25) is 0 Å². The minimum absolute atomic E-state index is 0.0486. The average molecular weight is 136 g/mol. The molecule has 0 bridgehead atoms. The molecule has 1 rings (SSSR count). The molecule has 50 valence electrons. The Hall–Kier alpha value is -1.63. The molecule has 0 N–H and O–H groups in total. The summed E-state index contributed by atoms with van der Waals surface area (Å²) in [5.41, 5.74) is 0.287. The van der Waals surface area contributed by atoms with Crippen LogP contribution < -0.4 is 0 Å². The van der Waals surface area contributed by atoms with Crippen LogP contribution in [-0.4, -0.2) is 11.4 Å². The molecular weight excluding hydrogens is 132 g/mol. The standard InChI is InChI=1S/C6H4N2O2/c1-4-5(3-9)6(2-7)8-10-4/h3H,1H3. The van der Waals surface area contributed by atoms with E-state index in [1.165, 1.54) is 0 Å². The summed E-state index contributed by atoms with van der Waals surface area (Å²) in [6.07, 6.45) is 0.560. The molecule has 0 aliphatic heterocycles. The number of rotatable bonds is 1. The van der Waals surface area contributed by atoms with Gasteiger partial charge in [0.15, 0.2) is 12.0 Å². The van der Waals surface area contributed by atoms with Crippen molar-refractivity contribution < 1.29 is 9.32 Å². The van der Waals surface area contributed by atoms with Gasteiger partial charge in [0.25, 0.3) is 0 Å². The number of carbonyl (C=O) groups excluding carboxylic acids is 1. The molecule has 0 atom stereocenters. The molecule has 10 heavy (non-hydrogen) atoms. The van der Waals surface area contributed by atoms with Gasteiger partial charge in [-0.05, 0) is 6.92 Å². The molecule has 0 aliphatic carbocycles. The first-order valence-corrected chi connectivity index (χ1v) is 2.61. The highest BCUT2D eigenvalue weighted by atomic mass is 16.5. The van der Waals surface area contributed by atoms with E-state index in [1.807, 2.05) is 0 Å². The lowest BCUT2D eigenvalue weighted by Crippen LogP contribution is -1.83. The predicted molar refractivity (Wildman–Crippen MR) is 31.3 cm³/mol. The molecule has 1 aromatic heterocycles. The number of nitrogens with zero attached hydrogens (tertiary/aromatic N) is 2. The summed E-state index contributed by atoms with van der Waals surface area (Å²) in [5.74, 6) is 0.381. The fraction of sp³-hybridized carbons (Fsp3) is 0.167. The number of hydrogen-bond acceptors (Lipinski definition) is 4. The van der Waals surface area contributed by atoms with Gasteiger partial charge in [0, 0.05) is 0 Å². The number of carbonyl (C=O) groups is 1. The van der Waals surface area contributed by atoms with Crippen molar-refractivity contribution in [3.63, 3.8) is 0 Å². The van der Waals surface area contributed by atoms with E-state index in [0.717, 1.165) is 0 Å². The maximum absolute atomic E-state index is 10.2. The van der Waals surface area contributed by atoms with Crippen LogP contribution >= 0.6 is 0 Å². The van der Waals surface area contributed by atoms with E-state index in [1.54, 1.807) is 13.0 Å². The molecule has 4 heteroatoms. The lowest BCUT2D eigenvalue weighted by molar-refractivity contribution is 0.112. The van der Waals surface area contributed by atoms with E-state index < -0.39 is 0 Å². The Kier molecular flexibility index (Phi) is 1.50. The van der Waals surface area contributed by atoms with Gasteiger partial charge in [-0.25, -0.2) is 0 Å². The number of nitriles is 1. The summed E-state index contributed by atoms with van der Waals surface area (Å²) >= 11 is 0. The number of hydrogen-bond donors (Lipinski definition) is 0. The van der Waals surface area contributed by atoms with Gasteiger partial charge in [0.05, 0.1) is 5.56 Å². The summed E-state index contributed by atoms with van der Waals surface area (Å²) in [6, 6.07) is 1.73. The van der Waals surface area contributed by atoms with Crippen LogP contribution in [0.3, 0.4) is 0 Å². The third-order valence-electron chi connectivity index (χ3n) is 1.13. The maximum Gasteiger partial charge on any atom is 0.194 e. The monoisotopic (exact) mass is 136 g/mol. The molecule has 0 spiro atoms. The van der Waals surface area contributed by atoms with E-state index >= 15 is 0 Å². The molecular formula is C6H4N2O2. The Balaban J connectivity index is 3.29. The Morgan fingerprint density at radius 3 is 2.90 bits per heavy atom. The van der Waals surface area contributed by atoms with Crippen molar-refractivity contribution in [3.8, 4) is 6.07 Å². The molecule has 1 heterocycles. The molecule has 0 aliphatic rings. The highest BCUT2D eigenvalue weighted by Crippen LogP contribution is 2.08. The van der Waals surface area contributed by atoms with Crippen LogP contribution in [-0.2, 0) is 0 Å². The van der Waals surface area contributed by atoms with Crippen molar-refractivity contribution in [3.05, 3.63) is 17.0 Å². The SMILES string of the molecule is Cc1onc(C#N)c1C=O. The molecule has 0 saturated carbocycles. The molecule has 0 aromatic carbocycles. The lowest BCUT2D eigenvalue weighted by atomic mass is 10.2. The predicted octanol–water partition coefficient (Wildman–Crippen LogP) is 0.667. The molecule has 4 nitrogen and oxygen atoms in total. The Morgan fingerprint density at radius 2 is 2.50 bits per heavy atom. The van der Waals surface area contributed by atoms with Crippen LogP contribution in [0.25, 0.3) is 0 Å². The van der Waals surface area contributed by atoms with Crippen LogP contribution in [0.4, 0.5) is 0 Å². The largest absolute Gasteiger partial charge is 0.360 e. The number of aldehydes is 1. The third kappa shape index (κ3) is 0.778. The number of aromatic nitrogens is 1. The minimum Gasteiger partial charge on any atom is -0.360 e. The second-order valence-corrected chi connectivity index (χ2v) is 1.73. The highest BCUT2D eigenvalue weighted by Gasteiger charge is 2.09. The molecule has 0 radical (unpaired) electrons. The summed E-state index contributed by atoms with van der Waals surface area (Å²) in [6.45, 7) is 1.58. The van der Waals surface area contributed by atoms with Crippen molar-refractivity contribution in [2.24, 2.45) is 0 Å². The topological polar surface area (TPSA) is 66.9 Å². The van der Waals surface area contributed by atoms with Crippen molar-refractivity contribution in [2.75, 3.05) is 0 Å². The van der Waals surface area contributed by atoms with E-state index in [0.29, 0.717) is 12.0 Å².